The van der Waals surface area contributed by atoms with Gasteiger partial charge in [0.25, 0.3) is 5.91 Å². The van der Waals surface area contributed by atoms with Crippen molar-refractivity contribution in [2.75, 3.05) is 31.9 Å². The van der Waals surface area contributed by atoms with Crippen LogP contribution in [0.1, 0.15) is 35.8 Å². The zero-order valence-corrected chi connectivity index (χ0v) is 12.0. The van der Waals surface area contributed by atoms with Crippen LogP contribution < -0.4 is 5.73 Å². The van der Waals surface area contributed by atoms with Crippen LogP contribution in [-0.4, -0.2) is 52.9 Å². The maximum atomic E-state index is 12.6. The van der Waals surface area contributed by atoms with Crippen molar-refractivity contribution < 1.29 is 4.79 Å². The highest BCUT2D eigenvalue weighted by Gasteiger charge is 2.32. The topological polar surface area (TPSA) is 62.5 Å². The normalized spacial score (nSPS) is 22.9. The lowest BCUT2D eigenvalue weighted by Gasteiger charge is -2.37. The molecule has 20 heavy (non-hydrogen) atoms. The Morgan fingerprint density at radius 1 is 1.40 bits per heavy atom. The van der Waals surface area contributed by atoms with E-state index in [0.717, 1.165) is 31.7 Å². The molecule has 0 radical (unpaired) electrons. The molecule has 0 spiro atoms. The summed E-state index contributed by atoms with van der Waals surface area (Å²) in [6, 6.07) is 4.12. The molecule has 2 aliphatic rings. The number of carbonyl (C=O) groups excluding carboxylic acids is 1. The highest BCUT2D eigenvalue weighted by molar-refractivity contribution is 5.95. The molecule has 2 fully saturated rings. The first kappa shape index (κ1) is 13.4. The third-order valence-electron chi connectivity index (χ3n) is 4.38. The van der Waals surface area contributed by atoms with Gasteiger partial charge in [-0.3, -0.25) is 9.69 Å². The standard InChI is InChI=1S/C15H22N4O/c1-2-12-8-11(9-14(16)17-12)15(20)19-7-6-18-5-3-4-13(18)10-19/h8-9,13H,2-7,10H2,1H3,(H2,16,17). The van der Waals surface area contributed by atoms with Gasteiger partial charge < -0.3 is 10.6 Å². The fourth-order valence-corrected chi connectivity index (χ4v) is 3.27. The zero-order valence-electron chi connectivity index (χ0n) is 12.0. The van der Waals surface area contributed by atoms with Gasteiger partial charge in [-0.1, -0.05) is 6.92 Å². The van der Waals surface area contributed by atoms with Crippen molar-refractivity contribution in [1.29, 1.82) is 0 Å². The van der Waals surface area contributed by atoms with E-state index in [-0.39, 0.29) is 5.91 Å². The van der Waals surface area contributed by atoms with E-state index in [1.54, 1.807) is 6.07 Å². The van der Waals surface area contributed by atoms with Gasteiger partial charge in [0.05, 0.1) is 0 Å². The number of carbonyl (C=O) groups is 1. The van der Waals surface area contributed by atoms with E-state index in [1.807, 2.05) is 17.9 Å². The Kier molecular flexibility index (Phi) is 3.61. The number of nitrogens with two attached hydrogens (primary N) is 1. The molecule has 2 aliphatic heterocycles. The predicted octanol–water partition coefficient (Wildman–Crippen LogP) is 1.15. The molecule has 1 aromatic rings. The van der Waals surface area contributed by atoms with Gasteiger partial charge in [0.1, 0.15) is 5.82 Å². The van der Waals surface area contributed by atoms with Crippen LogP contribution >= 0.6 is 0 Å². The van der Waals surface area contributed by atoms with Gasteiger partial charge in [-0.15, -0.1) is 0 Å². The Morgan fingerprint density at radius 3 is 3.05 bits per heavy atom. The first-order valence-electron chi connectivity index (χ1n) is 7.47. The number of piperazine rings is 1. The number of rotatable bonds is 2. The van der Waals surface area contributed by atoms with E-state index in [1.165, 1.54) is 19.4 Å². The lowest BCUT2D eigenvalue weighted by atomic mass is 10.1. The fraction of sp³-hybridized carbons (Fsp3) is 0.600. The monoisotopic (exact) mass is 274 g/mol. The number of amides is 1. The van der Waals surface area contributed by atoms with E-state index in [2.05, 4.69) is 9.88 Å². The summed E-state index contributed by atoms with van der Waals surface area (Å²) in [7, 11) is 0. The number of fused-ring (bicyclic) bond motifs is 1. The summed E-state index contributed by atoms with van der Waals surface area (Å²) in [5.41, 5.74) is 7.36. The molecule has 2 N–H and O–H groups in total. The molecule has 1 amide bonds. The molecular weight excluding hydrogens is 252 g/mol. The fourth-order valence-electron chi connectivity index (χ4n) is 3.27. The van der Waals surface area contributed by atoms with Gasteiger partial charge in [-0.05, 0) is 37.9 Å². The lowest BCUT2D eigenvalue weighted by Crippen LogP contribution is -2.52. The second kappa shape index (κ2) is 5.40. The number of aryl methyl sites for hydroxylation is 1. The van der Waals surface area contributed by atoms with Crippen molar-refractivity contribution in [2.45, 2.75) is 32.2 Å². The van der Waals surface area contributed by atoms with Gasteiger partial charge in [-0.2, -0.15) is 0 Å². The number of nitrogens with zero attached hydrogens (tertiary/aromatic N) is 3. The lowest BCUT2D eigenvalue weighted by molar-refractivity contribution is 0.0571. The van der Waals surface area contributed by atoms with Crippen LogP contribution in [0.25, 0.3) is 0 Å². The molecule has 3 heterocycles. The third kappa shape index (κ3) is 2.50. The van der Waals surface area contributed by atoms with E-state index < -0.39 is 0 Å². The second-order valence-corrected chi connectivity index (χ2v) is 5.71. The molecule has 1 atom stereocenters. The molecule has 5 nitrogen and oxygen atoms in total. The number of nitrogen functional groups attached to an aromatic ring is 1. The number of pyridine rings is 1. The molecule has 3 rings (SSSR count). The summed E-state index contributed by atoms with van der Waals surface area (Å²) in [6.45, 7) is 5.88. The van der Waals surface area contributed by atoms with Crippen LogP contribution in [0.3, 0.4) is 0 Å². The highest BCUT2D eigenvalue weighted by atomic mass is 16.2. The van der Waals surface area contributed by atoms with Crippen molar-refractivity contribution in [3.05, 3.63) is 23.4 Å². The molecule has 0 bridgehead atoms. The van der Waals surface area contributed by atoms with E-state index in [9.17, 15) is 4.79 Å². The summed E-state index contributed by atoms with van der Waals surface area (Å²) in [5.74, 6) is 0.535. The molecule has 1 aromatic heterocycles. The van der Waals surface area contributed by atoms with Crippen molar-refractivity contribution in [2.24, 2.45) is 0 Å². The van der Waals surface area contributed by atoms with Gasteiger partial charge >= 0.3 is 0 Å². The van der Waals surface area contributed by atoms with Gasteiger partial charge in [0.2, 0.25) is 0 Å². The summed E-state index contributed by atoms with van der Waals surface area (Å²) in [4.78, 5) is 21.3. The van der Waals surface area contributed by atoms with Gasteiger partial charge in [-0.25, -0.2) is 4.98 Å². The quantitative estimate of drug-likeness (QED) is 0.878. The van der Waals surface area contributed by atoms with E-state index in [0.29, 0.717) is 17.4 Å². The van der Waals surface area contributed by atoms with Crippen LogP contribution in [0.5, 0.6) is 0 Å². The minimum absolute atomic E-state index is 0.0975. The molecule has 108 valence electrons. The van der Waals surface area contributed by atoms with Gasteiger partial charge in [0.15, 0.2) is 0 Å². The van der Waals surface area contributed by atoms with Crippen LogP contribution in [0.2, 0.25) is 0 Å². The van der Waals surface area contributed by atoms with Crippen molar-refractivity contribution >= 4 is 11.7 Å². The van der Waals surface area contributed by atoms with E-state index in [4.69, 9.17) is 5.73 Å². The van der Waals surface area contributed by atoms with E-state index >= 15 is 0 Å². The number of anilines is 1. The number of aromatic nitrogens is 1. The molecule has 5 heteroatoms. The number of hydrogen-bond acceptors (Lipinski definition) is 4. The van der Waals surface area contributed by atoms with Crippen LogP contribution in [0.4, 0.5) is 5.82 Å². The largest absolute Gasteiger partial charge is 0.384 e. The van der Waals surface area contributed by atoms with Crippen LogP contribution in [0.15, 0.2) is 12.1 Å². The Balaban J connectivity index is 1.77. The van der Waals surface area contributed by atoms with Crippen molar-refractivity contribution in [1.82, 2.24) is 14.8 Å². The zero-order chi connectivity index (χ0) is 14.1. The molecule has 0 aliphatic carbocycles. The average molecular weight is 274 g/mol. The van der Waals surface area contributed by atoms with Crippen molar-refractivity contribution in [3.8, 4) is 0 Å². The SMILES string of the molecule is CCc1cc(C(=O)N2CCN3CCCC3C2)cc(N)n1. The maximum absolute atomic E-state index is 12.6. The third-order valence-corrected chi connectivity index (χ3v) is 4.38. The second-order valence-electron chi connectivity index (χ2n) is 5.71. The summed E-state index contributed by atoms with van der Waals surface area (Å²) < 4.78 is 0. The molecule has 1 unspecified atom stereocenters. The summed E-state index contributed by atoms with van der Waals surface area (Å²) >= 11 is 0. The number of hydrogen-bond donors (Lipinski definition) is 1. The Morgan fingerprint density at radius 2 is 2.25 bits per heavy atom. The van der Waals surface area contributed by atoms with Gasteiger partial charge in [0, 0.05) is 36.9 Å². The van der Waals surface area contributed by atoms with Crippen LogP contribution in [-0.2, 0) is 6.42 Å². The molecule has 2 saturated heterocycles. The Labute approximate surface area is 119 Å². The molecule has 0 aromatic carbocycles. The molecule has 0 saturated carbocycles. The predicted molar refractivity (Wildman–Crippen MR) is 78.5 cm³/mol. The highest BCUT2D eigenvalue weighted by Crippen LogP contribution is 2.23. The smallest absolute Gasteiger partial charge is 0.254 e. The average Bonchev–Trinajstić information content (AvgIpc) is 2.93. The molecular formula is C15H22N4O. The first-order chi connectivity index (χ1) is 9.67. The minimum Gasteiger partial charge on any atom is -0.384 e. The van der Waals surface area contributed by atoms with Crippen LogP contribution in [0, 0.1) is 0 Å². The Bertz CT molecular complexity index is 517. The Hall–Kier alpha value is -1.62. The summed E-state index contributed by atoms with van der Waals surface area (Å²) in [5, 5.41) is 0. The summed E-state index contributed by atoms with van der Waals surface area (Å²) in [6.07, 6.45) is 3.26. The first-order valence-corrected chi connectivity index (χ1v) is 7.47. The van der Waals surface area contributed by atoms with Crippen molar-refractivity contribution in [3.63, 3.8) is 0 Å². The maximum Gasteiger partial charge on any atom is 0.254 e. The minimum atomic E-state index is 0.0975.